The van der Waals surface area contributed by atoms with E-state index in [0.717, 1.165) is 78.9 Å². The van der Waals surface area contributed by atoms with E-state index in [9.17, 15) is 14.6 Å². The van der Waals surface area contributed by atoms with Crippen molar-refractivity contribution in [2.24, 2.45) is 0 Å². The van der Waals surface area contributed by atoms with Crippen molar-refractivity contribution in [1.82, 2.24) is 14.9 Å². The second kappa shape index (κ2) is 10.7. The van der Waals surface area contributed by atoms with Crippen LogP contribution in [0.1, 0.15) is 56.4 Å². The molecule has 0 amide bonds. The van der Waals surface area contributed by atoms with E-state index in [1.54, 1.807) is 18.2 Å². The number of rotatable bonds is 6. The van der Waals surface area contributed by atoms with Crippen LogP contribution in [-0.4, -0.2) is 75.6 Å². The average molecular weight is 600 g/mol. The van der Waals surface area contributed by atoms with E-state index >= 15 is 0 Å². The number of fused-ring (bicyclic) bond motifs is 3. The van der Waals surface area contributed by atoms with Gasteiger partial charge in [-0.3, -0.25) is 4.90 Å². The maximum absolute atomic E-state index is 15.0. The fourth-order valence-corrected chi connectivity index (χ4v) is 8.04. The van der Waals surface area contributed by atoms with Crippen LogP contribution in [0.5, 0.6) is 11.8 Å². The number of phenolic OH excluding ortho intramolecular Hbond substituents is 1. The molecule has 5 heterocycles. The largest absolute Gasteiger partial charge is 0.508 e. The van der Waals surface area contributed by atoms with Gasteiger partial charge in [-0.05, 0) is 68.5 Å². The Balaban J connectivity index is 1.27. The standard InChI is InChI=1S/C35H42FN5O3/c1-5-26-28(36)8-7-24-13-25(42)14-30(31(24)26)39-12-9-27-29(19-39)37-33(38-32(27)40-11-6-10-34(4,43)20-40)44-21-35-15-22(2)17-41(35)18-23(3)16-35/h7-8,13-14,42-43H,2-3,5-6,9-12,15-21H2,1,4H3/t34-/m1/s1. The molecule has 0 aliphatic carbocycles. The fraction of sp³-hybridized carbons (Fsp3) is 0.486. The number of benzene rings is 2. The smallest absolute Gasteiger partial charge is 0.318 e. The van der Waals surface area contributed by atoms with Crippen molar-refractivity contribution in [3.63, 3.8) is 0 Å². The topological polar surface area (TPSA) is 85.2 Å². The molecule has 2 aromatic carbocycles. The van der Waals surface area contributed by atoms with Crippen LogP contribution < -0.4 is 14.5 Å². The van der Waals surface area contributed by atoms with Crippen LogP contribution in [-0.2, 0) is 19.4 Å². The highest BCUT2D eigenvalue weighted by Crippen LogP contribution is 2.43. The van der Waals surface area contributed by atoms with Gasteiger partial charge in [0.1, 0.15) is 24.0 Å². The van der Waals surface area contributed by atoms with Gasteiger partial charge in [-0.2, -0.15) is 9.97 Å². The van der Waals surface area contributed by atoms with E-state index < -0.39 is 5.60 Å². The first-order valence-corrected chi connectivity index (χ1v) is 15.8. The number of aliphatic hydroxyl groups is 1. The van der Waals surface area contributed by atoms with E-state index in [1.807, 2.05) is 13.8 Å². The van der Waals surface area contributed by atoms with E-state index in [1.165, 1.54) is 17.2 Å². The van der Waals surface area contributed by atoms with Crippen molar-refractivity contribution >= 4 is 22.3 Å². The minimum atomic E-state index is -0.799. The van der Waals surface area contributed by atoms with Gasteiger partial charge in [-0.25, -0.2) is 4.39 Å². The lowest BCUT2D eigenvalue weighted by atomic mass is 9.92. The monoisotopic (exact) mass is 599 g/mol. The van der Waals surface area contributed by atoms with Gasteiger partial charge in [0, 0.05) is 55.4 Å². The Labute approximate surface area is 258 Å². The van der Waals surface area contributed by atoms with Crippen molar-refractivity contribution in [2.45, 2.75) is 70.1 Å². The third-order valence-electron chi connectivity index (χ3n) is 9.95. The number of hydrogen-bond donors (Lipinski definition) is 2. The van der Waals surface area contributed by atoms with E-state index in [0.29, 0.717) is 50.7 Å². The summed E-state index contributed by atoms with van der Waals surface area (Å²) in [5.41, 5.74) is 4.80. The third-order valence-corrected chi connectivity index (χ3v) is 9.95. The van der Waals surface area contributed by atoms with Gasteiger partial charge in [0.2, 0.25) is 0 Å². The normalized spacial score (nSPS) is 23.4. The summed E-state index contributed by atoms with van der Waals surface area (Å²) in [6, 6.07) is 6.98. The second-order valence-corrected chi connectivity index (χ2v) is 13.6. The summed E-state index contributed by atoms with van der Waals surface area (Å²) in [6.07, 6.45) is 4.58. The first kappa shape index (κ1) is 29.0. The molecule has 0 saturated carbocycles. The van der Waals surface area contributed by atoms with Crippen molar-refractivity contribution in [3.8, 4) is 11.8 Å². The van der Waals surface area contributed by atoms with Gasteiger partial charge in [-0.1, -0.05) is 37.3 Å². The zero-order chi connectivity index (χ0) is 30.8. The fourth-order valence-electron chi connectivity index (χ4n) is 8.04. The molecule has 4 aliphatic rings. The van der Waals surface area contributed by atoms with Crippen LogP contribution in [0.3, 0.4) is 0 Å². The SMILES string of the molecule is C=C1CN2CC(=C)CC2(COc2nc3c(c(N4CCC[C@@](C)(O)C4)n2)CCN(c2cc(O)cc4ccc(F)c(CC)c24)C3)C1. The minimum Gasteiger partial charge on any atom is -0.508 e. The minimum absolute atomic E-state index is 0.148. The molecule has 1 atom stereocenters. The summed E-state index contributed by atoms with van der Waals surface area (Å²) in [4.78, 5) is 16.8. The molecule has 0 bridgehead atoms. The molecule has 0 radical (unpaired) electrons. The molecule has 3 saturated heterocycles. The number of halogens is 1. The van der Waals surface area contributed by atoms with E-state index in [2.05, 4.69) is 27.9 Å². The Morgan fingerprint density at radius 1 is 1.05 bits per heavy atom. The molecule has 44 heavy (non-hydrogen) atoms. The number of piperidine rings is 1. The van der Waals surface area contributed by atoms with Gasteiger partial charge < -0.3 is 24.7 Å². The van der Waals surface area contributed by atoms with Crippen LogP contribution in [0, 0.1) is 5.82 Å². The molecule has 9 heteroatoms. The van der Waals surface area contributed by atoms with Gasteiger partial charge in [0.25, 0.3) is 0 Å². The second-order valence-electron chi connectivity index (χ2n) is 13.6. The van der Waals surface area contributed by atoms with Crippen molar-refractivity contribution < 1.29 is 19.3 Å². The zero-order valence-electron chi connectivity index (χ0n) is 25.8. The number of hydrogen-bond acceptors (Lipinski definition) is 8. The summed E-state index contributed by atoms with van der Waals surface area (Å²) in [5, 5.41) is 23.3. The molecule has 8 nitrogen and oxygen atoms in total. The molecule has 0 unspecified atom stereocenters. The molecule has 0 spiro atoms. The van der Waals surface area contributed by atoms with Crippen molar-refractivity contribution in [2.75, 3.05) is 49.1 Å². The highest BCUT2D eigenvalue weighted by molar-refractivity contribution is 5.98. The van der Waals surface area contributed by atoms with Crippen LogP contribution in [0.25, 0.3) is 10.8 Å². The number of aromatic nitrogens is 2. The maximum Gasteiger partial charge on any atom is 0.318 e. The molecule has 4 aliphatic heterocycles. The lowest BCUT2D eigenvalue weighted by molar-refractivity contribution is 0.0445. The van der Waals surface area contributed by atoms with E-state index in [4.69, 9.17) is 14.7 Å². The third kappa shape index (κ3) is 5.09. The molecule has 1 aromatic heterocycles. The Morgan fingerprint density at radius 2 is 1.82 bits per heavy atom. The predicted molar refractivity (Wildman–Crippen MR) is 171 cm³/mol. The summed E-state index contributed by atoms with van der Waals surface area (Å²) in [7, 11) is 0. The molecule has 3 aromatic rings. The van der Waals surface area contributed by atoms with Crippen molar-refractivity contribution in [1.29, 1.82) is 0 Å². The van der Waals surface area contributed by atoms with Gasteiger partial charge >= 0.3 is 6.01 Å². The van der Waals surface area contributed by atoms with Crippen LogP contribution in [0.2, 0.25) is 0 Å². The summed E-state index contributed by atoms with van der Waals surface area (Å²) in [5.74, 6) is 0.737. The summed E-state index contributed by atoms with van der Waals surface area (Å²) in [6.45, 7) is 16.9. The lowest BCUT2D eigenvalue weighted by Gasteiger charge is -2.40. The van der Waals surface area contributed by atoms with E-state index in [-0.39, 0.29) is 17.1 Å². The van der Waals surface area contributed by atoms with Crippen LogP contribution in [0.4, 0.5) is 15.9 Å². The van der Waals surface area contributed by atoms with Gasteiger partial charge in [-0.15, -0.1) is 0 Å². The van der Waals surface area contributed by atoms with Gasteiger partial charge in [0.05, 0.1) is 23.4 Å². The highest BCUT2D eigenvalue weighted by Gasteiger charge is 2.48. The molecular weight excluding hydrogens is 557 g/mol. The predicted octanol–water partition coefficient (Wildman–Crippen LogP) is 5.29. The van der Waals surface area contributed by atoms with Crippen molar-refractivity contribution in [3.05, 3.63) is 71.2 Å². The maximum atomic E-state index is 15.0. The molecule has 3 fully saturated rings. The number of aromatic hydroxyl groups is 1. The lowest BCUT2D eigenvalue weighted by Crippen LogP contribution is -2.47. The molecular formula is C35H42FN5O3. The van der Waals surface area contributed by atoms with Crippen LogP contribution >= 0.6 is 0 Å². The zero-order valence-corrected chi connectivity index (χ0v) is 25.8. The number of anilines is 2. The Hall–Kier alpha value is -3.69. The first-order chi connectivity index (χ1) is 21.0. The number of aryl methyl sites for hydroxylation is 1. The molecule has 2 N–H and O–H groups in total. The number of β-amino-alcohol motifs (C(OH)–C–C–N with tert-alkyl or cyclic N) is 1. The number of nitrogens with zero attached hydrogens (tertiary/aromatic N) is 5. The Bertz CT molecular complexity index is 1650. The summed E-state index contributed by atoms with van der Waals surface area (Å²) < 4.78 is 21.5. The van der Waals surface area contributed by atoms with Crippen LogP contribution in [0.15, 0.2) is 48.6 Å². The quantitative estimate of drug-likeness (QED) is 0.370. The molecule has 232 valence electrons. The Kier molecular flexibility index (Phi) is 7.09. The molecule has 7 rings (SSSR count). The number of phenols is 1. The van der Waals surface area contributed by atoms with Gasteiger partial charge in [0.15, 0.2) is 0 Å². The number of ether oxygens (including phenoxy) is 1. The highest BCUT2D eigenvalue weighted by atomic mass is 19.1. The first-order valence-electron chi connectivity index (χ1n) is 15.8. The average Bonchev–Trinajstić information content (AvgIpc) is 3.44. The summed E-state index contributed by atoms with van der Waals surface area (Å²) >= 11 is 0. The Morgan fingerprint density at radius 3 is 2.55 bits per heavy atom.